The van der Waals surface area contributed by atoms with Gasteiger partial charge in [0.2, 0.25) is 0 Å². The van der Waals surface area contributed by atoms with Crippen molar-refractivity contribution < 1.29 is 4.79 Å². The van der Waals surface area contributed by atoms with Gasteiger partial charge in [-0.05, 0) is 39.2 Å². The standard InChI is InChI=1S/C23H48N2O/c1-21(2)15-13-11-9-7-5-6-8-10-12-14-16-22(26)17-19-25-20-18-23(3,4)24/h21,25H,5-20,24H2,1-4H3. The van der Waals surface area contributed by atoms with E-state index in [9.17, 15) is 4.79 Å². The Balaban J connectivity index is 3.21. The molecule has 3 N–H and O–H groups in total. The van der Waals surface area contributed by atoms with Crippen molar-refractivity contribution in [2.24, 2.45) is 11.7 Å². The van der Waals surface area contributed by atoms with Crippen LogP contribution in [-0.2, 0) is 4.79 Å². The first-order chi connectivity index (χ1) is 12.3. The van der Waals surface area contributed by atoms with E-state index >= 15 is 0 Å². The van der Waals surface area contributed by atoms with Gasteiger partial charge in [0.05, 0.1) is 0 Å². The molecule has 0 aromatic rings. The molecule has 156 valence electrons. The van der Waals surface area contributed by atoms with Crippen molar-refractivity contribution in [3.05, 3.63) is 0 Å². The van der Waals surface area contributed by atoms with Crippen LogP contribution in [0.3, 0.4) is 0 Å². The Hall–Kier alpha value is -0.410. The van der Waals surface area contributed by atoms with Gasteiger partial charge in [-0.15, -0.1) is 0 Å². The Morgan fingerprint density at radius 2 is 1.31 bits per heavy atom. The van der Waals surface area contributed by atoms with E-state index in [1.807, 2.05) is 13.8 Å². The van der Waals surface area contributed by atoms with Gasteiger partial charge in [0.1, 0.15) is 5.78 Å². The lowest BCUT2D eigenvalue weighted by molar-refractivity contribution is -0.119. The molecule has 3 heteroatoms. The summed E-state index contributed by atoms with van der Waals surface area (Å²) in [4.78, 5) is 11.8. The van der Waals surface area contributed by atoms with Gasteiger partial charge >= 0.3 is 0 Å². The van der Waals surface area contributed by atoms with Crippen LogP contribution in [0.25, 0.3) is 0 Å². The Morgan fingerprint density at radius 1 is 0.808 bits per heavy atom. The summed E-state index contributed by atoms with van der Waals surface area (Å²) in [7, 11) is 0. The van der Waals surface area contributed by atoms with Crippen molar-refractivity contribution in [2.45, 2.75) is 123 Å². The molecule has 0 bridgehead atoms. The van der Waals surface area contributed by atoms with Crippen LogP contribution in [0.15, 0.2) is 0 Å². The second-order valence-electron chi connectivity index (χ2n) is 9.25. The average Bonchev–Trinajstić information content (AvgIpc) is 2.54. The molecule has 0 unspecified atom stereocenters. The summed E-state index contributed by atoms with van der Waals surface area (Å²) in [6.07, 6.45) is 17.1. The van der Waals surface area contributed by atoms with E-state index in [0.717, 1.165) is 38.3 Å². The first kappa shape index (κ1) is 25.6. The second kappa shape index (κ2) is 16.7. The molecule has 0 saturated carbocycles. The van der Waals surface area contributed by atoms with Crippen molar-refractivity contribution in [1.82, 2.24) is 5.32 Å². The van der Waals surface area contributed by atoms with Crippen LogP contribution >= 0.6 is 0 Å². The van der Waals surface area contributed by atoms with Crippen molar-refractivity contribution in [3.8, 4) is 0 Å². The van der Waals surface area contributed by atoms with Crippen LogP contribution < -0.4 is 11.1 Å². The third-order valence-corrected chi connectivity index (χ3v) is 5.01. The molecular weight excluding hydrogens is 320 g/mol. The number of carbonyl (C=O) groups excluding carboxylic acids is 1. The smallest absolute Gasteiger partial charge is 0.134 e. The van der Waals surface area contributed by atoms with E-state index in [1.54, 1.807) is 0 Å². The van der Waals surface area contributed by atoms with Gasteiger partial charge in [-0.3, -0.25) is 4.79 Å². The van der Waals surface area contributed by atoms with Gasteiger partial charge in [-0.1, -0.05) is 78.1 Å². The number of hydrogen-bond donors (Lipinski definition) is 2. The lowest BCUT2D eigenvalue weighted by atomic mass is 10.0. The lowest BCUT2D eigenvalue weighted by Gasteiger charge is -2.18. The van der Waals surface area contributed by atoms with Crippen molar-refractivity contribution in [3.63, 3.8) is 0 Å². The topological polar surface area (TPSA) is 55.1 Å². The second-order valence-corrected chi connectivity index (χ2v) is 9.25. The Morgan fingerprint density at radius 3 is 1.81 bits per heavy atom. The molecule has 26 heavy (non-hydrogen) atoms. The molecule has 0 aliphatic heterocycles. The van der Waals surface area contributed by atoms with Crippen LogP contribution in [0.1, 0.15) is 118 Å². The highest BCUT2D eigenvalue weighted by molar-refractivity contribution is 5.78. The minimum atomic E-state index is -0.120. The van der Waals surface area contributed by atoms with Gasteiger partial charge in [0.15, 0.2) is 0 Å². The maximum absolute atomic E-state index is 11.8. The fourth-order valence-corrected chi connectivity index (χ4v) is 3.18. The lowest BCUT2D eigenvalue weighted by Crippen LogP contribution is -2.36. The van der Waals surface area contributed by atoms with Crippen LogP contribution in [0.5, 0.6) is 0 Å². The van der Waals surface area contributed by atoms with E-state index in [4.69, 9.17) is 5.73 Å². The number of unbranched alkanes of at least 4 members (excludes halogenated alkanes) is 9. The molecule has 0 saturated heterocycles. The van der Waals surface area contributed by atoms with Crippen molar-refractivity contribution in [1.29, 1.82) is 0 Å². The third-order valence-electron chi connectivity index (χ3n) is 5.01. The minimum absolute atomic E-state index is 0.120. The molecule has 0 spiro atoms. The zero-order valence-electron chi connectivity index (χ0n) is 18.4. The number of Topliss-reactive ketones (excluding diaryl/α,β-unsaturated/α-hetero) is 1. The summed E-state index contributed by atoms with van der Waals surface area (Å²) in [5.74, 6) is 1.27. The number of rotatable bonds is 19. The zero-order chi connectivity index (χ0) is 19.7. The van der Waals surface area contributed by atoms with E-state index < -0.39 is 0 Å². The van der Waals surface area contributed by atoms with Crippen LogP contribution in [-0.4, -0.2) is 24.4 Å². The molecule has 0 heterocycles. The largest absolute Gasteiger partial charge is 0.326 e. The first-order valence-corrected chi connectivity index (χ1v) is 11.3. The Bertz CT molecular complexity index is 321. The van der Waals surface area contributed by atoms with E-state index in [1.165, 1.54) is 64.2 Å². The van der Waals surface area contributed by atoms with E-state index in [2.05, 4.69) is 19.2 Å². The van der Waals surface area contributed by atoms with Gasteiger partial charge in [0.25, 0.3) is 0 Å². The third kappa shape index (κ3) is 21.6. The highest BCUT2D eigenvalue weighted by Crippen LogP contribution is 2.14. The van der Waals surface area contributed by atoms with Gasteiger partial charge in [0, 0.05) is 24.9 Å². The fraction of sp³-hybridized carbons (Fsp3) is 0.957. The molecule has 0 atom stereocenters. The summed E-state index contributed by atoms with van der Waals surface area (Å²) in [5.41, 5.74) is 5.81. The fourth-order valence-electron chi connectivity index (χ4n) is 3.18. The highest BCUT2D eigenvalue weighted by atomic mass is 16.1. The zero-order valence-corrected chi connectivity index (χ0v) is 18.4. The molecule has 0 aromatic heterocycles. The molecule has 0 aliphatic rings. The van der Waals surface area contributed by atoms with E-state index in [-0.39, 0.29) is 5.54 Å². The molecular formula is C23H48N2O. The first-order valence-electron chi connectivity index (χ1n) is 11.3. The maximum Gasteiger partial charge on any atom is 0.134 e. The van der Waals surface area contributed by atoms with Crippen molar-refractivity contribution in [2.75, 3.05) is 13.1 Å². The monoisotopic (exact) mass is 368 g/mol. The molecule has 0 amide bonds. The highest BCUT2D eigenvalue weighted by Gasteiger charge is 2.09. The molecule has 0 aromatic carbocycles. The molecule has 0 fully saturated rings. The summed E-state index contributed by atoms with van der Waals surface area (Å²) < 4.78 is 0. The Kier molecular flexibility index (Phi) is 16.5. The number of carbonyl (C=O) groups is 1. The SMILES string of the molecule is CC(C)CCCCCCCCCCCCC(=O)CCNCCC(C)(C)N. The number of nitrogens with two attached hydrogens (primary N) is 1. The molecule has 3 nitrogen and oxygen atoms in total. The normalized spacial score (nSPS) is 12.1. The Labute approximate surface area is 164 Å². The van der Waals surface area contributed by atoms with Crippen LogP contribution in [0.2, 0.25) is 0 Å². The molecule has 0 rings (SSSR count). The summed E-state index contributed by atoms with van der Waals surface area (Å²) in [6.45, 7) is 10.4. The van der Waals surface area contributed by atoms with E-state index in [0.29, 0.717) is 12.2 Å². The van der Waals surface area contributed by atoms with Crippen LogP contribution in [0, 0.1) is 5.92 Å². The number of nitrogens with one attached hydrogen (secondary N) is 1. The average molecular weight is 369 g/mol. The molecule has 0 aliphatic carbocycles. The number of ketones is 1. The predicted molar refractivity (Wildman–Crippen MR) is 116 cm³/mol. The maximum atomic E-state index is 11.8. The minimum Gasteiger partial charge on any atom is -0.326 e. The van der Waals surface area contributed by atoms with Gasteiger partial charge in [-0.25, -0.2) is 0 Å². The van der Waals surface area contributed by atoms with Crippen molar-refractivity contribution >= 4 is 5.78 Å². The quantitative estimate of drug-likeness (QED) is 0.275. The predicted octanol–water partition coefficient (Wildman–Crippen LogP) is 6.00. The van der Waals surface area contributed by atoms with Crippen LogP contribution in [0.4, 0.5) is 0 Å². The molecule has 0 radical (unpaired) electrons. The summed E-state index contributed by atoms with van der Waals surface area (Å²) >= 11 is 0. The van der Waals surface area contributed by atoms with Gasteiger partial charge in [-0.2, -0.15) is 0 Å². The summed E-state index contributed by atoms with van der Waals surface area (Å²) in [6, 6.07) is 0. The number of hydrogen-bond acceptors (Lipinski definition) is 3. The van der Waals surface area contributed by atoms with Gasteiger partial charge < -0.3 is 11.1 Å². The summed E-state index contributed by atoms with van der Waals surface area (Å²) in [5, 5.41) is 3.32.